The summed E-state index contributed by atoms with van der Waals surface area (Å²) in [5.74, 6) is -0.819. The van der Waals surface area contributed by atoms with Crippen molar-refractivity contribution in [2.75, 3.05) is 26.7 Å². The fourth-order valence-corrected chi connectivity index (χ4v) is 2.37. The minimum absolute atomic E-state index is 0.00252. The van der Waals surface area contributed by atoms with Crippen LogP contribution in [-0.4, -0.2) is 54.7 Å². The Morgan fingerprint density at radius 3 is 2.79 bits per heavy atom. The molecule has 0 aromatic heterocycles. The number of hydrogen-bond donors (Lipinski definition) is 3. The number of nitrogens with zero attached hydrogens (tertiary/aromatic N) is 1. The van der Waals surface area contributed by atoms with Crippen molar-refractivity contribution in [2.45, 2.75) is 38.6 Å². The number of aliphatic carboxylic acids is 1. The fourth-order valence-electron chi connectivity index (χ4n) is 2.37. The molecule has 19 heavy (non-hydrogen) atoms. The molecule has 1 aliphatic rings. The van der Waals surface area contributed by atoms with Crippen LogP contribution in [0.5, 0.6) is 0 Å². The van der Waals surface area contributed by atoms with E-state index in [1.54, 1.807) is 0 Å². The number of amides is 2. The quantitative estimate of drug-likeness (QED) is 0.670. The summed E-state index contributed by atoms with van der Waals surface area (Å²) in [5.41, 5.74) is 0. The van der Waals surface area contributed by atoms with Gasteiger partial charge in [-0.05, 0) is 32.4 Å². The Hall–Kier alpha value is -1.30. The molecule has 0 aromatic carbocycles. The number of piperidine rings is 1. The van der Waals surface area contributed by atoms with Crippen molar-refractivity contribution < 1.29 is 14.7 Å². The van der Waals surface area contributed by atoms with Crippen molar-refractivity contribution in [3.05, 3.63) is 0 Å². The molecular formula is C13H25N3O3. The van der Waals surface area contributed by atoms with Gasteiger partial charge in [-0.2, -0.15) is 0 Å². The van der Waals surface area contributed by atoms with Crippen LogP contribution in [-0.2, 0) is 4.79 Å². The first-order valence-electron chi connectivity index (χ1n) is 6.96. The first-order chi connectivity index (χ1) is 9.01. The zero-order valence-electron chi connectivity index (χ0n) is 11.8. The van der Waals surface area contributed by atoms with Crippen LogP contribution in [0.3, 0.4) is 0 Å². The van der Waals surface area contributed by atoms with Crippen molar-refractivity contribution in [3.8, 4) is 0 Å². The molecule has 1 saturated heterocycles. The van der Waals surface area contributed by atoms with Gasteiger partial charge in [0.25, 0.3) is 0 Å². The summed E-state index contributed by atoms with van der Waals surface area (Å²) in [5, 5.41) is 14.4. The van der Waals surface area contributed by atoms with E-state index in [0.717, 1.165) is 32.4 Å². The number of carboxylic acids is 1. The topological polar surface area (TPSA) is 81.7 Å². The summed E-state index contributed by atoms with van der Waals surface area (Å²) in [6.07, 6.45) is 2.95. The first kappa shape index (κ1) is 15.8. The molecule has 2 unspecified atom stereocenters. The van der Waals surface area contributed by atoms with E-state index in [0.29, 0.717) is 6.54 Å². The molecule has 0 saturated carbocycles. The molecule has 1 rings (SSSR count). The lowest BCUT2D eigenvalue weighted by molar-refractivity contribution is -0.138. The van der Waals surface area contributed by atoms with E-state index in [1.165, 1.54) is 0 Å². The third-order valence-electron chi connectivity index (χ3n) is 3.55. The molecule has 0 bridgehead atoms. The number of hydrogen-bond acceptors (Lipinski definition) is 3. The Morgan fingerprint density at radius 2 is 2.21 bits per heavy atom. The maximum Gasteiger partial charge on any atom is 0.315 e. The highest BCUT2D eigenvalue weighted by molar-refractivity contribution is 5.74. The molecule has 2 atom stereocenters. The predicted octanol–water partition coefficient (Wildman–Crippen LogP) is 0.881. The molecule has 1 aliphatic heterocycles. The Kier molecular flexibility index (Phi) is 6.62. The maximum atomic E-state index is 11.7. The fraction of sp³-hybridized carbons (Fsp3) is 0.846. The van der Waals surface area contributed by atoms with Crippen molar-refractivity contribution in [1.82, 2.24) is 15.5 Å². The van der Waals surface area contributed by atoms with Crippen LogP contribution in [0.2, 0.25) is 0 Å². The van der Waals surface area contributed by atoms with Crippen molar-refractivity contribution in [3.63, 3.8) is 0 Å². The second-order valence-electron chi connectivity index (χ2n) is 5.33. The summed E-state index contributed by atoms with van der Waals surface area (Å²) >= 11 is 0. The minimum atomic E-state index is -0.817. The maximum absolute atomic E-state index is 11.7. The lowest BCUT2D eigenvalue weighted by Crippen LogP contribution is -2.50. The number of carboxylic acid groups (broad SMARTS) is 1. The monoisotopic (exact) mass is 271 g/mol. The standard InChI is InChI=1S/C13H25N3O3/c1-3-10(7-12(17)18)8-14-13(19)15-11-5-4-6-16(2)9-11/h10-11H,3-9H2,1-2H3,(H,17,18)(H2,14,15,19). The molecule has 1 fully saturated rings. The third-order valence-corrected chi connectivity index (χ3v) is 3.55. The highest BCUT2D eigenvalue weighted by Crippen LogP contribution is 2.08. The first-order valence-corrected chi connectivity index (χ1v) is 6.96. The SMILES string of the molecule is CCC(CNC(=O)NC1CCCN(C)C1)CC(=O)O. The van der Waals surface area contributed by atoms with Gasteiger partial charge >= 0.3 is 12.0 Å². The summed E-state index contributed by atoms with van der Waals surface area (Å²) in [6, 6.07) is 0.00226. The lowest BCUT2D eigenvalue weighted by atomic mass is 10.0. The van der Waals surface area contributed by atoms with Crippen LogP contribution in [0.4, 0.5) is 4.79 Å². The number of rotatable bonds is 6. The Balaban J connectivity index is 2.24. The van der Waals surface area contributed by atoms with Gasteiger partial charge in [-0.25, -0.2) is 4.79 Å². The van der Waals surface area contributed by atoms with E-state index >= 15 is 0 Å². The Labute approximate surface area is 114 Å². The molecule has 0 radical (unpaired) electrons. The molecule has 6 nitrogen and oxygen atoms in total. The zero-order chi connectivity index (χ0) is 14.3. The minimum Gasteiger partial charge on any atom is -0.481 e. The smallest absolute Gasteiger partial charge is 0.315 e. The molecule has 2 amide bonds. The third kappa shape index (κ3) is 6.42. The van der Waals surface area contributed by atoms with Crippen molar-refractivity contribution in [1.29, 1.82) is 0 Å². The summed E-state index contributed by atoms with van der Waals surface area (Å²) in [4.78, 5) is 24.6. The van der Waals surface area contributed by atoms with Crippen molar-refractivity contribution in [2.24, 2.45) is 5.92 Å². The molecular weight excluding hydrogens is 246 g/mol. The van der Waals surface area contributed by atoms with E-state index < -0.39 is 5.97 Å². The van der Waals surface area contributed by atoms with Crippen LogP contribution >= 0.6 is 0 Å². The summed E-state index contributed by atoms with van der Waals surface area (Å²) in [6.45, 7) is 4.30. The largest absolute Gasteiger partial charge is 0.481 e. The summed E-state index contributed by atoms with van der Waals surface area (Å²) in [7, 11) is 2.05. The molecule has 3 N–H and O–H groups in total. The van der Waals surface area contributed by atoms with Gasteiger partial charge < -0.3 is 20.6 Å². The average Bonchev–Trinajstić information content (AvgIpc) is 2.34. The van der Waals surface area contributed by atoms with Gasteiger partial charge in [0.1, 0.15) is 0 Å². The van der Waals surface area contributed by atoms with E-state index in [9.17, 15) is 9.59 Å². The predicted molar refractivity (Wildman–Crippen MR) is 73.1 cm³/mol. The van der Waals surface area contributed by atoms with Crippen molar-refractivity contribution >= 4 is 12.0 Å². The number of likely N-dealkylation sites (tertiary alicyclic amines) is 1. The molecule has 1 heterocycles. The molecule has 0 aromatic rings. The van der Waals surface area contributed by atoms with Crippen LogP contribution < -0.4 is 10.6 Å². The Bertz CT molecular complexity index is 310. The highest BCUT2D eigenvalue weighted by atomic mass is 16.4. The van der Waals surface area contributed by atoms with Crippen LogP contribution in [0, 0.1) is 5.92 Å². The number of urea groups is 1. The van der Waals surface area contributed by atoms with Gasteiger partial charge in [-0.1, -0.05) is 13.3 Å². The Morgan fingerprint density at radius 1 is 1.47 bits per heavy atom. The van der Waals surface area contributed by atoms with E-state index in [-0.39, 0.29) is 24.4 Å². The van der Waals surface area contributed by atoms with Gasteiger partial charge in [0.2, 0.25) is 0 Å². The second kappa shape index (κ2) is 7.99. The van der Waals surface area contributed by atoms with Crippen LogP contribution in [0.1, 0.15) is 32.6 Å². The lowest BCUT2D eigenvalue weighted by Gasteiger charge is -2.30. The van der Waals surface area contributed by atoms with Gasteiger partial charge in [0.15, 0.2) is 0 Å². The van der Waals surface area contributed by atoms with Gasteiger partial charge in [-0.15, -0.1) is 0 Å². The molecule has 0 spiro atoms. The van der Waals surface area contributed by atoms with Crippen LogP contribution in [0.15, 0.2) is 0 Å². The molecule has 6 heteroatoms. The summed E-state index contributed by atoms with van der Waals surface area (Å²) < 4.78 is 0. The van der Waals surface area contributed by atoms with E-state index in [1.807, 2.05) is 14.0 Å². The molecule has 0 aliphatic carbocycles. The van der Waals surface area contributed by atoms with Gasteiger partial charge in [0, 0.05) is 25.6 Å². The number of likely N-dealkylation sites (N-methyl/N-ethyl adjacent to an activating group) is 1. The molecule has 110 valence electrons. The second-order valence-corrected chi connectivity index (χ2v) is 5.33. The number of carbonyl (C=O) groups is 2. The van der Waals surface area contributed by atoms with Gasteiger partial charge in [-0.3, -0.25) is 4.79 Å². The normalized spacial score (nSPS) is 21.7. The average molecular weight is 271 g/mol. The van der Waals surface area contributed by atoms with E-state index in [2.05, 4.69) is 15.5 Å². The van der Waals surface area contributed by atoms with Gasteiger partial charge in [0.05, 0.1) is 0 Å². The zero-order valence-corrected chi connectivity index (χ0v) is 11.8. The highest BCUT2D eigenvalue weighted by Gasteiger charge is 2.19. The number of nitrogens with one attached hydrogen (secondary N) is 2. The number of carbonyl (C=O) groups excluding carboxylic acids is 1. The van der Waals surface area contributed by atoms with Crippen LogP contribution in [0.25, 0.3) is 0 Å². The van der Waals surface area contributed by atoms with E-state index in [4.69, 9.17) is 5.11 Å².